The Bertz CT molecular complexity index is 1260. The number of carbonyl (C=O) groups excluding carboxylic acids is 2. The Balaban J connectivity index is 1.73. The van der Waals surface area contributed by atoms with Crippen molar-refractivity contribution >= 4 is 45.0 Å². The molecule has 0 aliphatic rings. The first-order valence-electron chi connectivity index (χ1n) is 12.2. The van der Waals surface area contributed by atoms with Crippen molar-refractivity contribution in [3.05, 3.63) is 94.5 Å². The smallest absolute Gasteiger partial charge is 0.412 e. The summed E-state index contributed by atoms with van der Waals surface area (Å²) >= 11 is 3.42. The molecule has 0 aliphatic carbocycles. The third-order valence-electron chi connectivity index (χ3n) is 5.65. The fourth-order valence-corrected chi connectivity index (χ4v) is 4.14. The van der Waals surface area contributed by atoms with Crippen molar-refractivity contribution in [2.75, 3.05) is 23.0 Å². The second-order valence-electron chi connectivity index (χ2n) is 8.57. The van der Waals surface area contributed by atoms with E-state index in [0.717, 1.165) is 5.56 Å². The maximum absolute atomic E-state index is 12.8. The molecule has 2 amide bonds. The number of amides is 2. The van der Waals surface area contributed by atoms with Gasteiger partial charge in [0.05, 0.1) is 17.5 Å². The number of phenols is 1. The second-order valence-corrected chi connectivity index (χ2v) is 9.49. The van der Waals surface area contributed by atoms with E-state index in [9.17, 15) is 14.7 Å². The van der Waals surface area contributed by atoms with Gasteiger partial charge in [-0.2, -0.15) is 0 Å². The number of allylic oxidation sites excluding steroid dienone is 1. The Kier molecular flexibility index (Phi) is 10.7. The highest BCUT2D eigenvalue weighted by Crippen LogP contribution is 2.35. The van der Waals surface area contributed by atoms with Gasteiger partial charge in [-0.1, -0.05) is 51.8 Å². The van der Waals surface area contributed by atoms with E-state index in [1.54, 1.807) is 54.6 Å². The van der Waals surface area contributed by atoms with Crippen LogP contribution in [0.4, 0.5) is 21.9 Å². The summed E-state index contributed by atoms with van der Waals surface area (Å²) < 4.78 is 12.5. The number of nitrogen functional groups attached to an aromatic ring is 1. The topological polar surface area (TPSA) is 123 Å². The summed E-state index contributed by atoms with van der Waals surface area (Å²) in [7, 11) is 0. The molecular weight excluding hydrogens is 550 g/mol. The number of aromatic hydroxyl groups is 1. The van der Waals surface area contributed by atoms with Gasteiger partial charge in [0.1, 0.15) is 5.75 Å². The first-order chi connectivity index (χ1) is 18.3. The predicted octanol–water partition coefficient (Wildman–Crippen LogP) is 6.72. The third kappa shape index (κ3) is 8.64. The fraction of sp³-hybridized carbons (Fsp3) is 0.241. The van der Waals surface area contributed by atoms with Gasteiger partial charge in [-0.3, -0.25) is 10.1 Å². The first-order valence-corrected chi connectivity index (χ1v) is 13.0. The molecule has 38 heavy (non-hydrogen) atoms. The molecular formula is C29H32BrN3O5. The number of carbonyl (C=O) groups is 2. The number of aryl methyl sites for hydroxylation is 1. The molecule has 3 aromatic rings. The largest absolute Gasteiger partial charge is 0.508 e. The van der Waals surface area contributed by atoms with E-state index < -0.39 is 18.3 Å². The Morgan fingerprint density at radius 2 is 1.82 bits per heavy atom. The van der Waals surface area contributed by atoms with Gasteiger partial charge in [0, 0.05) is 22.3 Å². The number of para-hydroxylation sites is 2. The lowest BCUT2D eigenvalue weighted by molar-refractivity contribution is -0.111. The van der Waals surface area contributed by atoms with Crippen molar-refractivity contribution in [1.82, 2.24) is 0 Å². The fourth-order valence-electron chi connectivity index (χ4n) is 3.76. The number of hydrogen-bond acceptors (Lipinski definition) is 6. The first kappa shape index (κ1) is 28.7. The minimum absolute atomic E-state index is 0.0265. The second kappa shape index (κ2) is 14.2. The number of anilines is 3. The van der Waals surface area contributed by atoms with E-state index in [0.29, 0.717) is 46.5 Å². The third-order valence-corrected chi connectivity index (χ3v) is 6.15. The van der Waals surface area contributed by atoms with E-state index in [1.807, 2.05) is 26.0 Å². The van der Waals surface area contributed by atoms with Crippen molar-refractivity contribution in [3.63, 3.8) is 0 Å². The molecule has 2 atom stereocenters. The predicted molar refractivity (Wildman–Crippen MR) is 153 cm³/mol. The number of phenolic OH excluding ortho intramolecular Hbond substituents is 1. The van der Waals surface area contributed by atoms with Gasteiger partial charge in [-0.15, -0.1) is 0 Å². The highest BCUT2D eigenvalue weighted by Gasteiger charge is 2.30. The molecule has 0 heterocycles. The molecule has 5 N–H and O–H groups in total. The zero-order valence-electron chi connectivity index (χ0n) is 21.3. The molecule has 0 unspecified atom stereocenters. The highest BCUT2D eigenvalue weighted by molar-refractivity contribution is 9.10. The monoisotopic (exact) mass is 581 g/mol. The van der Waals surface area contributed by atoms with Crippen molar-refractivity contribution in [2.24, 2.45) is 0 Å². The molecule has 3 aromatic carbocycles. The zero-order valence-corrected chi connectivity index (χ0v) is 22.9. The lowest BCUT2D eigenvalue weighted by Crippen LogP contribution is -2.29. The zero-order chi connectivity index (χ0) is 27.5. The van der Waals surface area contributed by atoms with Crippen LogP contribution in [0.25, 0.3) is 0 Å². The number of nitrogens with one attached hydrogen (secondary N) is 2. The molecule has 9 heteroatoms. The Hall–Kier alpha value is -3.82. The lowest BCUT2D eigenvalue weighted by Gasteiger charge is -2.28. The number of halogens is 1. The Labute approximate surface area is 231 Å². The molecule has 0 saturated carbocycles. The number of rotatable bonds is 11. The minimum Gasteiger partial charge on any atom is -0.508 e. The van der Waals surface area contributed by atoms with Gasteiger partial charge in [0.2, 0.25) is 5.91 Å². The van der Waals surface area contributed by atoms with Gasteiger partial charge in [-0.25, -0.2) is 4.79 Å². The van der Waals surface area contributed by atoms with Crippen LogP contribution < -0.4 is 16.4 Å². The van der Waals surface area contributed by atoms with E-state index in [4.69, 9.17) is 15.2 Å². The van der Waals surface area contributed by atoms with Gasteiger partial charge in [0.25, 0.3) is 0 Å². The van der Waals surface area contributed by atoms with Crippen LogP contribution in [0.1, 0.15) is 37.0 Å². The average molecular weight is 582 g/mol. The van der Waals surface area contributed by atoms with Crippen molar-refractivity contribution < 1.29 is 24.2 Å². The van der Waals surface area contributed by atoms with Gasteiger partial charge >= 0.3 is 6.09 Å². The van der Waals surface area contributed by atoms with E-state index in [2.05, 4.69) is 26.6 Å². The summed E-state index contributed by atoms with van der Waals surface area (Å²) in [5.41, 5.74) is 8.93. The summed E-state index contributed by atoms with van der Waals surface area (Å²) in [5, 5.41) is 16.1. The number of ether oxygens (including phenoxy) is 2. The summed E-state index contributed by atoms with van der Waals surface area (Å²) in [5.74, 6) is -0.341. The maximum Gasteiger partial charge on any atom is 0.412 e. The van der Waals surface area contributed by atoms with E-state index >= 15 is 0 Å². The Morgan fingerprint density at radius 3 is 2.53 bits per heavy atom. The van der Waals surface area contributed by atoms with E-state index in [-0.39, 0.29) is 11.7 Å². The van der Waals surface area contributed by atoms with Crippen LogP contribution in [0.5, 0.6) is 5.75 Å². The molecule has 0 radical (unpaired) electrons. The van der Waals surface area contributed by atoms with Crippen LogP contribution >= 0.6 is 15.9 Å². The highest BCUT2D eigenvalue weighted by atomic mass is 79.9. The van der Waals surface area contributed by atoms with Crippen LogP contribution in [-0.4, -0.2) is 29.8 Å². The molecule has 0 spiro atoms. The molecule has 8 nitrogen and oxygen atoms in total. The Morgan fingerprint density at radius 1 is 1.08 bits per heavy atom. The summed E-state index contributed by atoms with van der Waals surface area (Å²) in [6.45, 7) is 4.15. The summed E-state index contributed by atoms with van der Waals surface area (Å²) in [4.78, 5) is 25.2. The number of benzene rings is 3. The normalized spacial score (nSPS) is 12.6. The molecule has 0 fully saturated rings. The summed E-state index contributed by atoms with van der Waals surface area (Å²) in [6.07, 6.45) is 1.82. The van der Waals surface area contributed by atoms with Crippen LogP contribution in [0.3, 0.4) is 0 Å². The van der Waals surface area contributed by atoms with Crippen molar-refractivity contribution in [1.29, 1.82) is 0 Å². The molecule has 0 saturated heterocycles. The van der Waals surface area contributed by atoms with E-state index in [1.165, 1.54) is 12.1 Å². The quantitative estimate of drug-likeness (QED) is 0.147. The maximum atomic E-state index is 12.8. The molecule has 200 valence electrons. The lowest BCUT2D eigenvalue weighted by atomic mass is 9.99. The van der Waals surface area contributed by atoms with Gasteiger partial charge in [0.15, 0.2) is 6.10 Å². The molecule has 0 aromatic heterocycles. The average Bonchev–Trinajstić information content (AvgIpc) is 2.89. The molecule has 0 bridgehead atoms. The summed E-state index contributed by atoms with van der Waals surface area (Å²) in [6, 6.07) is 19.2. The van der Waals surface area contributed by atoms with Crippen LogP contribution in [0.2, 0.25) is 0 Å². The van der Waals surface area contributed by atoms with Crippen molar-refractivity contribution in [3.8, 4) is 5.75 Å². The number of nitrogens with two attached hydrogens (primary N) is 1. The molecule has 3 rings (SSSR count). The van der Waals surface area contributed by atoms with Crippen molar-refractivity contribution in [2.45, 2.75) is 38.9 Å². The van der Waals surface area contributed by atoms with Crippen LogP contribution in [-0.2, 0) is 14.3 Å². The van der Waals surface area contributed by atoms with Gasteiger partial charge < -0.3 is 25.6 Å². The minimum atomic E-state index is -0.913. The van der Waals surface area contributed by atoms with Crippen LogP contribution in [0.15, 0.2) is 83.4 Å². The standard InChI is InChI=1S/C29H32BrN3O5/c1-3-37-26(10-6-7-11-27(35)33-24-9-5-4-8-23(24)31)28(22-18-20(30)14-17-25(22)34)38-29(36)32-21-15-12-19(2)13-16-21/h4-5,7-9,11-18,26,28,34H,3,6,10,31H2,1-2H3,(H,32,36)(H,33,35)/b11-7+/t26-,28-/m0/s1. The molecule has 0 aliphatic heterocycles. The number of hydrogen-bond donors (Lipinski definition) is 4. The van der Waals surface area contributed by atoms with Crippen LogP contribution in [0, 0.1) is 6.92 Å². The SMILES string of the molecule is CCO[C@@H](CC/C=C/C(=O)Nc1ccccc1N)[C@@H](OC(=O)Nc1ccc(C)cc1)c1cc(Br)ccc1O. The van der Waals surface area contributed by atoms with Gasteiger partial charge in [-0.05, 0) is 75.2 Å².